The van der Waals surface area contributed by atoms with Crippen molar-refractivity contribution in [1.29, 1.82) is 0 Å². The third-order valence-electron chi connectivity index (χ3n) is 5.57. The molecule has 1 atom stereocenters. The standard InChI is InChI=1S/C21H23FN4O2S/c1-5-25-12(2)26-19(28)17(27)16(24-20(26)21(25,3)4)18-23-11-15(29-18)10-13-6-8-14(22)9-7-13/h6-9,11-12,27H,5,10H2,1-4H3. The molecule has 1 aromatic carbocycles. The fraction of sp³-hybridized carbons (Fsp3) is 0.381. The second-order valence-corrected chi connectivity index (χ2v) is 8.83. The smallest absolute Gasteiger partial charge is 0.297 e. The van der Waals surface area contributed by atoms with E-state index >= 15 is 0 Å². The number of hydrogen-bond donors (Lipinski definition) is 1. The number of halogens is 1. The molecule has 0 bridgehead atoms. The molecule has 29 heavy (non-hydrogen) atoms. The van der Waals surface area contributed by atoms with Gasteiger partial charge in [0.2, 0.25) is 5.75 Å². The van der Waals surface area contributed by atoms with E-state index in [4.69, 9.17) is 0 Å². The van der Waals surface area contributed by atoms with E-state index in [2.05, 4.69) is 14.9 Å². The van der Waals surface area contributed by atoms with Crippen LogP contribution in [0.25, 0.3) is 10.7 Å². The Labute approximate surface area is 172 Å². The van der Waals surface area contributed by atoms with Gasteiger partial charge < -0.3 is 5.11 Å². The zero-order chi connectivity index (χ0) is 20.9. The predicted molar refractivity (Wildman–Crippen MR) is 111 cm³/mol. The highest BCUT2D eigenvalue weighted by Gasteiger charge is 2.44. The third-order valence-corrected chi connectivity index (χ3v) is 6.57. The maximum Gasteiger partial charge on any atom is 0.297 e. The molecule has 4 rings (SSSR count). The lowest BCUT2D eigenvalue weighted by molar-refractivity contribution is 0.0916. The minimum absolute atomic E-state index is 0.185. The Hall–Kier alpha value is -2.58. The molecule has 1 N–H and O–H groups in total. The van der Waals surface area contributed by atoms with Crippen molar-refractivity contribution in [1.82, 2.24) is 19.4 Å². The molecule has 3 heterocycles. The van der Waals surface area contributed by atoms with Crippen LogP contribution >= 0.6 is 11.3 Å². The Morgan fingerprint density at radius 3 is 2.62 bits per heavy atom. The molecule has 152 valence electrons. The largest absolute Gasteiger partial charge is 0.501 e. The van der Waals surface area contributed by atoms with Gasteiger partial charge in [0.15, 0.2) is 0 Å². The van der Waals surface area contributed by atoms with E-state index in [1.165, 1.54) is 23.5 Å². The van der Waals surface area contributed by atoms with Gasteiger partial charge in [0.1, 0.15) is 22.3 Å². The Kier molecular flexibility index (Phi) is 4.78. The van der Waals surface area contributed by atoms with Crippen molar-refractivity contribution in [3.63, 3.8) is 0 Å². The zero-order valence-corrected chi connectivity index (χ0v) is 17.6. The molecule has 0 spiro atoms. The minimum Gasteiger partial charge on any atom is -0.501 e. The quantitative estimate of drug-likeness (QED) is 0.701. The van der Waals surface area contributed by atoms with E-state index in [0.717, 1.165) is 17.0 Å². The van der Waals surface area contributed by atoms with Gasteiger partial charge in [-0.2, -0.15) is 0 Å². The number of aromatic nitrogens is 3. The number of hydrogen-bond acceptors (Lipinski definition) is 6. The second kappa shape index (κ2) is 7.03. The first-order chi connectivity index (χ1) is 13.7. The van der Waals surface area contributed by atoms with Crippen LogP contribution in [-0.4, -0.2) is 31.1 Å². The van der Waals surface area contributed by atoms with E-state index in [1.54, 1.807) is 22.9 Å². The molecule has 0 aliphatic carbocycles. The van der Waals surface area contributed by atoms with Crippen LogP contribution in [0.15, 0.2) is 35.3 Å². The van der Waals surface area contributed by atoms with Crippen LogP contribution in [0.4, 0.5) is 4.39 Å². The molecule has 0 saturated heterocycles. The summed E-state index contributed by atoms with van der Waals surface area (Å²) in [6.07, 6.45) is 2.12. The Balaban J connectivity index is 1.74. The second-order valence-electron chi connectivity index (χ2n) is 7.72. The van der Waals surface area contributed by atoms with E-state index in [1.807, 2.05) is 27.7 Å². The molecule has 0 radical (unpaired) electrons. The van der Waals surface area contributed by atoms with Gasteiger partial charge in [-0.3, -0.25) is 14.3 Å². The molecule has 1 aliphatic heterocycles. The van der Waals surface area contributed by atoms with Crippen LogP contribution in [0.2, 0.25) is 0 Å². The van der Waals surface area contributed by atoms with Gasteiger partial charge in [-0.25, -0.2) is 14.4 Å². The van der Waals surface area contributed by atoms with E-state index in [0.29, 0.717) is 17.3 Å². The van der Waals surface area contributed by atoms with Gasteiger partial charge in [-0.1, -0.05) is 19.1 Å². The molecular formula is C21H23FN4O2S. The maximum absolute atomic E-state index is 13.1. The van der Waals surface area contributed by atoms with Crippen LogP contribution in [0.3, 0.4) is 0 Å². The van der Waals surface area contributed by atoms with E-state index in [-0.39, 0.29) is 23.4 Å². The summed E-state index contributed by atoms with van der Waals surface area (Å²) < 4.78 is 14.7. The fourth-order valence-corrected chi connectivity index (χ4v) is 5.09. The number of nitrogens with zero attached hydrogens (tertiary/aromatic N) is 4. The van der Waals surface area contributed by atoms with Gasteiger partial charge in [-0.15, -0.1) is 11.3 Å². The highest BCUT2D eigenvalue weighted by molar-refractivity contribution is 7.15. The highest BCUT2D eigenvalue weighted by atomic mass is 32.1. The SMILES string of the molecule is CCN1C(C)n2c(nc(-c3ncc(Cc4ccc(F)cc4)s3)c(O)c2=O)C1(C)C. The van der Waals surface area contributed by atoms with Crippen molar-refractivity contribution in [2.45, 2.75) is 45.8 Å². The molecule has 0 fully saturated rings. The summed E-state index contributed by atoms with van der Waals surface area (Å²) in [5, 5.41) is 11.1. The number of aromatic hydroxyl groups is 1. The summed E-state index contributed by atoms with van der Waals surface area (Å²) in [5.41, 5.74) is 0.289. The molecule has 8 heteroatoms. The number of thiazole rings is 1. The summed E-state index contributed by atoms with van der Waals surface area (Å²) >= 11 is 1.37. The average molecular weight is 415 g/mol. The molecule has 1 unspecified atom stereocenters. The van der Waals surface area contributed by atoms with Gasteiger partial charge in [0.05, 0.1) is 11.7 Å². The maximum atomic E-state index is 13.1. The first-order valence-corrected chi connectivity index (χ1v) is 10.4. The van der Waals surface area contributed by atoms with Crippen molar-refractivity contribution < 1.29 is 9.50 Å². The predicted octanol–water partition coefficient (Wildman–Crippen LogP) is 3.89. The molecule has 6 nitrogen and oxygen atoms in total. The third kappa shape index (κ3) is 3.16. The van der Waals surface area contributed by atoms with Gasteiger partial charge in [0.25, 0.3) is 5.56 Å². The lowest BCUT2D eigenvalue weighted by Crippen LogP contribution is -2.37. The molecular weight excluding hydrogens is 391 g/mol. The van der Waals surface area contributed by atoms with Crippen molar-refractivity contribution >= 4 is 11.3 Å². The van der Waals surface area contributed by atoms with Crippen molar-refractivity contribution in [2.24, 2.45) is 0 Å². The van der Waals surface area contributed by atoms with Crippen LogP contribution in [0.5, 0.6) is 5.75 Å². The van der Waals surface area contributed by atoms with Gasteiger partial charge in [0, 0.05) is 17.5 Å². The average Bonchev–Trinajstić information content (AvgIpc) is 3.20. The molecule has 3 aromatic rings. The Morgan fingerprint density at radius 1 is 1.28 bits per heavy atom. The van der Waals surface area contributed by atoms with E-state index in [9.17, 15) is 14.3 Å². The highest BCUT2D eigenvalue weighted by Crippen LogP contribution is 2.41. The lowest BCUT2D eigenvalue weighted by Gasteiger charge is -2.31. The summed E-state index contributed by atoms with van der Waals surface area (Å²) in [6, 6.07) is 6.31. The Bertz CT molecular complexity index is 1120. The normalized spacial score (nSPS) is 18.2. The monoisotopic (exact) mass is 414 g/mol. The van der Waals surface area contributed by atoms with Crippen molar-refractivity contribution in [2.75, 3.05) is 6.54 Å². The topological polar surface area (TPSA) is 71.2 Å². The number of fused-ring (bicyclic) bond motifs is 1. The summed E-state index contributed by atoms with van der Waals surface area (Å²) in [4.78, 5) is 25.1. The number of benzene rings is 1. The van der Waals surface area contributed by atoms with Gasteiger partial charge >= 0.3 is 0 Å². The molecule has 2 aromatic heterocycles. The first-order valence-electron chi connectivity index (χ1n) is 9.56. The van der Waals surface area contributed by atoms with Gasteiger partial charge in [-0.05, 0) is 45.0 Å². The molecule has 0 saturated carbocycles. The molecule has 0 amide bonds. The van der Waals surface area contributed by atoms with Crippen LogP contribution in [0, 0.1) is 5.82 Å². The summed E-state index contributed by atoms with van der Waals surface area (Å²) in [7, 11) is 0. The summed E-state index contributed by atoms with van der Waals surface area (Å²) in [6.45, 7) is 8.79. The van der Waals surface area contributed by atoms with Crippen LogP contribution < -0.4 is 5.56 Å². The fourth-order valence-electron chi connectivity index (χ4n) is 4.15. The van der Waals surface area contributed by atoms with Crippen LogP contribution in [0.1, 0.15) is 50.1 Å². The summed E-state index contributed by atoms with van der Waals surface area (Å²) in [5.74, 6) is -0.0265. The lowest BCUT2D eigenvalue weighted by atomic mass is 10.0. The zero-order valence-electron chi connectivity index (χ0n) is 16.8. The van der Waals surface area contributed by atoms with Crippen molar-refractivity contribution in [3.05, 3.63) is 62.9 Å². The Morgan fingerprint density at radius 2 is 1.97 bits per heavy atom. The number of rotatable bonds is 4. The van der Waals surface area contributed by atoms with E-state index < -0.39 is 11.1 Å². The first kappa shape index (κ1) is 19.7. The minimum atomic E-state index is -0.447. The molecule has 1 aliphatic rings. The van der Waals surface area contributed by atoms with Crippen LogP contribution in [-0.2, 0) is 12.0 Å². The van der Waals surface area contributed by atoms with Crippen molar-refractivity contribution in [3.8, 4) is 16.5 Å².